The number of ether oxygens (including phenoxy) is 2. The summed E-state index contributed by atoms with van der Waals surface area (Å²) in [6.07, 6.45) is 0.417. The van der Waals surface area contributed by atoms with Crippen LogP contribution < -0.4 is 9.47 Å². The van der Waals surface area contributed by atoms with Crippen LogP contribution in [0.3, 0.4) is 0 Å². The van der Waals surface area contributed by atoms with Crippen LogP contribution >= 0.6 is 35.0 Å². The minimum atomic E-state index is -0.477. The highest BCUT2D eigenvalue weighted by atomic mass is 35.5. The van der Waals surface area contributed by atoms with E-state index in [1.54, 1.807) is 19.2 Å². The van der Waals surface area contributed by atoms with Gasteiger partial charge < -0.3 is 9.47 Å². The van der Waals surface area contributed by atoms with Crippen LogP contribution in [0.4, 0.5) is 4.79 Å². The molecule has 2 amide bonds. The monoisotopic (exact) mass is 501 g/mol. The molecule has 5 nitrogen and oxygen atoms in total. The van der Waals surface area contributed by atoms with E-state index in [-0.39, 0.29) is 17.7 Å². The van der Waals surface area contributed by atoms with Gasteiger partial charge in [-0.2, -0.15) is 0 Å². The normalized spacial score (nSPS) is 15.7. The Morgan fingerprint density at radius 1 is 0.848 bits per heavy atom. The number of carbonyl (C=O) groups excluding carboxylic acids is 2. The molecule has 1 saturated heterocycles. The van der Waals surface area contributed by atoms with Crippen molar-refractivity contribution in [1.29, 1.82) is 0 Å². The zero-order valence-electron chi connectivity index (χ0n) is 17.8. The van der Waals surface area contributed by atoms with Gasteiger partial charge in [0.1, 0.15) is 6.61 Å². The van der Waals surface area contributed by atoms with Crippen LogP contribution in [0, 0.1) is 0 Å². The van der Waals surface area contributed by atoms with Crippen LogP contribution in [0.2, 0.25) is 10.0 Å². The molecule has 0 aliphatic carbocycles. The number of hydrogen-bond acceptors (Lipinski definition) is 5. The van der Waals surface area contributed by atoms with Crippen molar-refractivity contribution in [2.75, 3.05) is 7.11 Å². The van der Waals surface area contributed by atoms with Crippen molar-refractivity contribution in [2.45, 2.75) is 24.8 Å². The molecule has 0 radical (unpaired) electrons. The fourth-order valence-corrected chi connectivity index (χ4v) is 4.74. The number of rotatable bonds is 8. The Hall–Kier alpha value is -2.67. The second kappa shape index (κ2) is 10.5. The quantitative estimate of drug-likeness (QED) is 0.358. The van der Waals surface area contributed by atoms with Crippen LogP contribution in [0.25, 0.3) is 0 Å². The first-order chi connectivity index (χ1) is 15.9. The van der Waals surface area contributed by atoms with Gasteiger partial charge in [0.25, 0.3) is 5.24 Å². The molecular weight excluding hydrogens is 481 g/mol. The molecule has 0 N–H and O–H groups in total. The van der Waals surface area contributed by atoms with Gasteiger partial charge in [0, 0.05) is 10.0 Å². The highest BCUT2D eigenvalue weighted by molar-refractivity contribution is 8.15. The van der Waals surface area contributed by atoms with Crippen molar-refractivity contribution < 1.29 is 19.1 Å². The Bertz CT molecular complexity index is 1150. The summed E-state index contributed by atoms with van der Waals surface area (Å²) in [5, 5.41) is 0.565. The maximum atomic E-state index is 12.9. The third kappa shape index (κ3) is 5.82. The molecule has 0 saturated carbocycles. The van der Waals surface area contributed by atoms with E-state index in [9.17, 15) is 9.59 Å². The Morgan fingerprint density at radius 3 is 2.09 bits per heavy atom. The molecule has 1 heterocycles. The average Bonchev–Trinajstić information content (AvgIpc) is 3.07. The largest absolute Gasteiger partial charge is 0.493 e. The Kier molecular flexibility index (Phi) is 7.48. The van der Waals surface area contributed by atoms with Gasteiger partial charge in [-0.25, -0.2) is 0 Å². The van der Waals surface area contributed by atoms with Crippen molar-refractivity contribution in [3.05, 3.63) is 93.5 Å². The third-order valence-electron chi connectivity index (χ3n) is 5.22. The molecule has 0 bridgehead atoms. The van der Waals surface area contributed by atoms with Gasteiger partial charge in [-0.15, -0.1) is 0 Å². The van der Waals surface area contributed by atoms with Gasteiger partial charge >= 0.3 is 0 Å². The summed E-state index contributed by atoms with van der Waals surface area (Å²) in [6.45, 7) is 0.608. The molecule has 3 aromatic carbocycles. The zero-order valence-corrected chi connectivity index (χ0v) is 20.1. The summed E-state index contributed by atoms with van der Waals surface area (Å²) >= 11 is 12.9. The van der Waals surface area contributed by atoms with Crippen LogP contribution in [0.5, 0.6) is 11.5 Å². The molecule has 8 heteroatoms. The van der Waals surface area contributed by atoms with Crippen molar-refractivity contribution in [3.8, 4) is 11.5 Å². The number of hydrogen-bond donors (Lipinski definition) is 0. The maximum Gasteiger partial charge on any atom is 0.289 e. The molecular formula is C25H21Cl2NO4S. The number of nitrogens with zero attached hydrogens (tertiary/aromatic N) is 1. The summed E-state index contributed by atoms with van der Waals surface area (Å²) in [5.74, 6) is 0.977. The highest BCUT2D eigenvalue weighted by Crippen LogP contribution is 2.34. The van der Waals surface area contributed by atoms with E-state index < -0.39 is 5.25 Å². The molecule has 1 aliphatic rings. The zero-order chi connectivity index (χ0) is 23.4. The second-order valence-corrected chi connectivity index (χ2v) is 9.55. The number of thioether (sulfide) groups is 1. The van der Waals surface area contributed by atoms with E-state index in [0.717, 1.165) is 28.5 Å². The molecule has 4 rings (SSSR count). The predicted octanol–water partition coefficient (Wildman–Crippen LogP) is 6.39. The minimum Gasteiger partial charge on any atom is -0.493 e. The fraction of sp³-hybridized carbons (Fsp3) is 0.200. The van der Waals surface area contributed by atoms with E-state index in [0.29, 0.717) is 34.6 Å². The molecule has 170 valence electrons. The molecule has 33 heavy (non-hydrogen) atoms. The van der Waals surface area contributed by atoms with Gasteiger partial charge in [0.15, 0.2) is 11.5 Å². The van der Waals surface area contributed by atoms with Gasteiger partial charge in [0.2, 0.25) is 5.91 Å². The number of carbonyl (C=O) groups is 2. The smallest absolute Gasteiger partial charge is 0.289 e. The SMILES string of the molecule is COc1cc(C[C@@H]2SC(=O)N(Cc3ccc(Cl)cc3)C2=O)ccc1OCc1ccc(Cl)cc1. The lowest BCUT2D eigenvalue weighted by Crippen LogP contribution is -2.31. The first-order valence-corrected chi connectivity index (χ1v) is 11.9. The lowest BCUT2D eigenvalue weighted by molar-refractivity contribution is -0.127. The number of amides is 2. The number of methoxy groups -OCH3 is 1. The van der Waals surface area contributed by atoms with E-state index in [1.165, 1.54) is 4.90 Å². The van der Waals surface area contributed by atoms with Crippen LogP contribution in [0.1, 0.15) is 16.7 Å². The second-order valence-electron chi connectivity index (χ2n) is 7.53. The van der Waals surface area contributed by atoms with Crippen molar-refractivity contribution in [2.24, 2.45) is 0 Å². The highest BCUT2D eigenvalue weighted by Gasteiger charge is 2.39. The Balaban J connectivity index is 1.40. The molecule has 3 aromatic rings. The summed E-state index contributed by atoms with van der Waals surface area (Å²) in [5.41, 5.74) is 2.72. The Labute approximate surface area is 206 Å². The summed E-state index contributed by atoms with van der Waals surface area (Å²) in [7, 11) is 1.57. The summed E-state index contributed by atoms with van der Waals surface area (Å²) < 4.78 is 11.4. The standard InChI is InChI=1S/C25H21Cl2NO4S/c1-31-22-12-18(6-11-21(22)32-15-17-4-9-20(27)10-5-17)13-23-24(29)28(25(30)33-23)14-16-2-7-19(26)8-3-16/h2-12,23H,13-15H2,1H3/t23-/m0/s1. The summed E-state index contributed by atoms with van der Waals surface area (Å²) in [4.78, 5) is 26.6. The number of benzene rings is 3. The molecule has 0 aromatic heterocycles. The minimum absolute atomic E-state index is 0.193. The molecule has 0 spiro atoms. The van der Waals surface area contributed by atoms with Crippen molar-refractivity contribution in [1.82, 2.24) is 4.90 Å². The number of imide groups is 1. The summed E-state index contributed by atoms with van der Waals surface area (Å²) in [6, 6.07) is 20.1. The lowest BCUT2D eigenvalue weighted by Gasteiger charge is -2.15. The van der Waals surface area contributed by atoms with Gasteiger partial charge in [-0.05, 0) is 59.5 Å². The predicted molar refractivity (Wildman–Crippen MR) is 131 cm³/mol. The maximum absolute atomic E-state index is 12.9. The first kappa shape index (κ1) is 23.5. The van der Waals surface area contributed by atoms with Crippen molar-refractivity contribution >= 4 is 46.1 Å². The van der Waals surface area contributed by atoms with E-state index in [4.69, 9.17) is 32.7 Å². The van der Waals surface area contributed by atoms with Crippen molar-refractivity contribution in [3.63, 3.8) is 0 Å². The molecule has 1 fully saturated rings. The molecule has 0 unspecified atom stereocenters. The fourth-order valence-electron chi connectivity index (χ4n) is 3.46. The average molecular weight is 502 g/mol. The topological polar surface area (TPSA) is 55.8 Å². The van der Waals surface area contributed by atoms with Crippen LogP contribution in [0.15, 0.2) is 66.7 Å². The van der Waals surface area contributed by atoms with Gasteiger partial charge in [-0.1, -0.05) is 65.3 Å². The van der Waals surface area contributed by atoms with Crippen LogP contribution in [-0.4, -0.2) is 28.4 Å². The number of halogens is 2. The van der Waals surface area contributed by atoms with Gasteiger partial charge in [-0.3, -0.25) is 14.5 Å². The lowest BCUT2D eigenvalue weighted by atomic mass is 10.1. The molecule has 1 atom stereocenters. The van der Waals surface area contributed by atoms with Gasteiger partial charge in [0.05, 0.1) is 18.9 Å². The third-order valence-corrected chi connectivity index (χ3v) is 6.79. The van der Waals surface area contributed by atoms with Crippen LogP contribution in [-0.2, 0) is 24.4 Å². The first-order valence-electron chi connectivity index (χ1n) is 10.2. The van der Waals surface area contributed by atoms with E-state index in [2.05, 4.69) is 0 Å². The molecule has 1 aliphatic heterocycles. The Morgan fingerprint density at radius 2 is 1.45 bits per heavy atom. The van der Waals surface area contributed by atoms with E-state index >= 15 is 0 Å². The van der Waals surface area contributed by atoms with E-state index in [1.807, 2.05) is 54.6 Å².